The van der Waals surface area contributed by atoms with E-state index >= 15 is 0 Å². The van der Waals surface area contributed by atoms with Crippen LogP contribution in [0, 0.1) is 13.8 Å². The molecule has 1 aromatic heterocycles. The highest BCUT2D eigenvalue weighted by atomic mass is 32.1. The summed E-state index contributed by atoms with van der Waals surface area (Å²) in [6.45, 7) is 4.48. The summed E-state index contributed by atoms with van der Waals surface area (Å²) in [5, 5.41) is 2.67. The molecule has 0 saturated carbocycles. The molecular weight excluding hydrogens is 272 g/mol. The predicted molar refractivity (Wildman–Crippen MR) is 80.8 cm³/mol. The maximum absolute atomic E-state index is 12.5. The number of ether oxygens (including phenoxy) is 1. The van der Waals surface area contributed by atoms with Crippen LogP contribution in [0.15, 0.2) is 17.5 Å². The lowest BCUT2D eigenvalue weighted by molar-refractivity contribution is 0.103. The van der Waals surface area contributed by atoms with Gasteiger partial charge < -0.3 is 10.5 Å². The molecule has 0 atom stereocenters. The van der Waals surface area contributed by atoms with E-state index in [1.165, 1.54) is 11.3 Å². The summed E-state index contributed by atoms with van der Waals surface area (Å²) in [6, 6.07) is 3.73. The van der Waals surface area contributed by atoms with Gasteiger partial charge in [-0.05, 0) is 37.6 Å². The highest BCUT2D eigenvalue weighted by Gasteiger charge is 2.19. The Morgan fingerprint density at radius 2 is 2.15 bits per heavy atom. The molecular formula is C15H18N2O2S. The Kier molecular flexibility index (Phi) is 4.52. The quantitative estimate of drug-likeness (QED) is 0.859. The van der Waals surface area contributed by atoms with Gasteiger partial charge in [0.2, 0.25) is 5.78 Å². The molecule has 0 radical (unpaired) electrons. The fraction of sp³-hybridized carbons (Fsp3) is 0.333. The monoisotopic (exact) mass is 290 g/mol. The van der Waals surface area contributed by atoms with Crippen LogP contribution in [-0.2, 0) is 6.42 Å². The standard InChI is InChI=1S/C15H18N2O2S/c1-9-4-5-11(15(19-3)10(9)2)14(18)12-8-20-13(17-12)6-7-16/h4-5,8H,6-7,16H2,1-3H3. The Morgan fingerprint density at radius 1 is 1.40 bits per heavy atom. The molecule has 2 N–H and O–H groups in total. The number of nitrogens with two attached hydrogens (primary N) is 1. The lowest BCUT2D eigenvalue weighted by atomic mass is 10.0. The number of thiazole rings is 1. The van der Waals surface area contributed by atoms with Gasteiger partial charge >= 0.3 is 0 Å². The number of methoxy groups -OCH3 is 1. The normalized spacial score (nSPS) is 10.6. The molecule has 0 bridgehead atoms. The van der Waals surface area contributed by atoms with Crippen molar-refractivity contribution in [2.75, 3.05) is 13.7 Å². The third-order valence-corrected chi connectivity index (χ3v) is 4.18. The number of hydrogen-bond donors (Lipinski definition) is 1. The van der Waals surface area contributed by atoms with Crippen LogP contribution in [0.25, 0.3) is 0 Å². The van der Waals surface area contributed by atoms with Crippen LogP contribution in [0.5, 0.6) is 5.75 Å². The topological polar surface area (TPSA) is 65.2 Å². The molecule has 0 amide bonds. The van der Waals surface area contributed by atoms with Crippen molar-refractivity contribution in [2.45, 2.75) is 20.3 Å². The third-order valence-electron chi connectivity index (χ3n) is 3.27. The Labute approximate surface area is 122 Å². The Morgan fingerprint density at radius 3 is 2.80 bits per heavy atom. The molecule has 0 fully saturated rings. The second kappa shape index (κ2) is 6.15. The molecule has 1 aromatic carbocycles. The second-order valence-electron chi connectivity index (χ2n) is 4.58. The van der Waals surface area contributed by atoms with Gasteiger partial charge in [-0.15, -0.1) is 11.3 Å². The average molecular weight is 290 g/mol. The number of rotatable bonds is 5. The number of nitrogens with zero attached hydrogens (tertiary/aromatic N) is 1. The van der Waals surface area contributed by atoms with Gasteiger partial charge in [-0.25, -0.2) is 4.98 Å². The summed E-state index contributed by atoms with van der Waals surface area (Å²) in [5.74, 6) is 0.521. The first-order valence-electron chi connectivity index (χ1n) is 6.41. The van der Waals surface area contributed by atoms with Crippen LogP contribution in [0.2, 0.25) is 0 Å². The summed E-state index contributed by atoms with van der Waals surface area (Å²) in [7, 11) is 1.58. The number of ketones is 1. The van der Waals surface area contributed by atoms with Gasteiger partial charge in [0.05, 0.1) is 17.7 Å². The smallest absolute Gasteiger partial charge is 0.215 e. The molecule has 106 valence electrons. The highest BCUT2D eigenvalue weighted by Crippen LogP contribution is 2.28. The Bertz CT molecular complexity index is 635. The zero-order valence-corrected chi connectivity index (χ0v) is 12.7. The van der Waals surface area contributed by atoms with Crippen molar-refractivity contribution in [3.63, 3.8) is 0 Å². The number of aryl methyl sites for hydroxylation is 1. The molecule has 0 spiro atoms. The first kappa shape index (κ1) is 14.7. The zero-order chi connectivity index (χ0) is 14.7. The largest absolute Gasteiger partial charge is 0.496 e. The average Bonchev–Trinajstić information content (AvgIpc) is 2.90. The van der Waals surface area contributed by atoms with Crippen molar-refractivity contribution in [3.05, 3.63) is 44.9 Å². The summed E-state index contributed by atoms with van der Waals surface area (Å²) in [5.41, 5.74) is 8.59. The lowest BCUT2D eigenvalue weighted by Crippen LogP contribution is -2.07. The van der Waals surface area contributed by atoms with E-state index in [0.29, 0.717) is 30.0 Å². The van der Waals surface area contributed by atoms with Gasteiger partial charge in [-0.3, -0.25) is 4.79 Å². The van der Waals surface area contributed by atoms with Gasteiger partial charge in [0.15, 0.2) is 0 Å². The van der Waals surface area contributed by atoms with Crippen molar-refractivity contribution in [2.24, 2.45) is 5.73 Å². The molecule has 0 aliphatic heterocycles. The van der Waals surface area contributed by atoms with Crippen molar-refractivity contribution in [1.29, 1.82) is 0 Å². The molecule has 5 heteroatoms. The molecule has 20 heavy (non-hydrogen) atoms. The lowest BCUT2D eigenvalue weighted by Gasteiger charge is -2.11. The van der Waals surface area contributed by atoms with Crippen LogP contribution in [-0.4, -0.2) is 24.4 Å². The van der Waals surface area contributed by atoms with Gasteiger partial charge in [0, 0.05) is 11.8 Å². The van der Waals surface area contributed by atoms with E-state index in [-0.39, 0.29) is 5.78 Å². The van der Waals surface area contributed by atoms with Crippen LogP contribution < -0.4 is 10.5 Å². The number of hydrogen-bond acceptors (Lipinski definition) is 5. The van der Waals surface area contributed by atoms with Crippen molar-refractivity contribution < 1.29 is 9.53 Å². The summed E-state index contributed by atoms with van der Waals surface area (Å²) >= 11 is 1.47. The SMILES string of the molecule is COc1c(C(=O)c2csc(CCN)n2)ccc(C)c1C. The molecule has 2 rings (SSSR count). The minimum absolute atomic E-state index is 0.107. The van der Waals surface area contributed by atoms with E-state index in [0.717, 1.165) is 16.1 Å². The van der Waals surface area contributed by atoms with Crippen LogP contribution in [0.1, 0.15) is 32.2 Å². The summed E-state index contributed by atoms with van der Waals surface area (Å²) in [4.78, 5) is 16.9. The minimum atomic E-state index is -0.107. The van der Waals surface area contributed by atoms with Crippen LogP contribution in [0.3, 0.4) is 0 Å². The molecule has 0 unspecified atom stereocenters. The molecule has 0 aliphatic rings. The van der Waals surface area contributed by atoms with E-state index in [2.05, 4.69) is 4.98 Å². The van der Waals surface area contributed by atoms with E-state index in [1.807, 2.05) is 19.9 Å². The van der Waals surface area contributed by atoms with E-state index < -0.39 is 0 Å². The fourth-order valence-electron chi connectivity index (χ4n) is 2.02. The third kappa shape index (κ3) is 2.73. The number of aromatic nitrogens is 1. The number of carbonyl (C=O) groups is 1. The second-order valence-corrected chi connectivity index (χ2v) is 5.53. The summed E-state index contributed by atoms with van der Waals surface area (Å²) in [6.07, 6.45) is 0.696. The fourth-order valence-corrected chi connectivity index (χ4v) is 2.82. The molecule has 1 heterocycles. The van der Waals surface area contributed by atoms with Crippen LogP contribution >= 0.6 is 11.3 Å². The number of carbonyl (C=O) groups excluding carboxylic acids is 1. The summed E-state index contributed by atoms with van der Waals surface area (Å²) < 4.78 is 5.39. The molecule has 0 aliphatic carbocycles. The molecule has 4 nitrogen and oxygen atoms in total. The van der Waals surface area contributed by atoms with Crippen molar-refractivity contribution in [1.82, 2.24) is 4.98 Å². The highest BCUT2D eigenvalue weighted by molar-refractivity contribution is 7.09. The zero-order valence-electron chi connectivity index (χ0n) is 11.9. The maximum atomic E-state index is 12.5. The van der Waals surface area contributed by atoms with E-state index in [1.54, 1.807) is 18.6 Å². The van der Waals surface area contributed by atoms with E-state index in [4.69, 9.17) is 10.5 Å². The first-order chi connectivity index (χ1) is 9.58. The minimum Gasteiger partial charge on any atom is -0.496 e. The first-order valence-corrected chi connectivity index (χ1v) is 7.29. The predicted octanol–water partition coefficient (Wildman–Crippen LogP) is 2.50. The number of benzene rings is 1. The van der Waals surface area contributed by atoms with Gasteiger partial charge in [0.1, 0.15) is 11.4 Å². The van der Waals surface area contributed by atoms with E-state index in [9.17, 15) is 4.79 Å². The Balaban J connectivity index is 2.40. The van der Waals surface area contributed by atoms with Gasteiger partial charge in [-0.1, -0.05) is 6.07 Å². The Hall–Kier alpha value is -1.72. The molecule has 2 aromatic rings. The van der Waals surface area contributed by atoms with Gasteiger partial charge in [-0.2, -0.15) is 0 Å². The van der Waals surface area contributed by atoms with Crippen LogP contribution in [0.4, 0.5) is 0 Å². The van der Waals surface area contributed by atoms with Crippen molar-refractivity contribution in [3.8, 4) is 5.75 Å². The maximum Gasteiger partial charge on any atom is 0.215 e. The van der Waals surface area contributed by atoms with Crippen molar-refractivity contribution >= 4 is 17.1 Å². The molecule has 0 saturated heterocycles. The van der Waals surface area contributed by atoms with Gasteiger partial charge in [0.25, 0.3) is 0 Å².